The Morgan fingerprint density at radius 3 is 2.50 bits per heavy atom. The first-order chi connectivity index (χ1) is 8.46. The summed E-state index contributed by atoms with van der Waals surface area (Å²) in [7, 11) is 0. The van der Waals surface area contributed by atoms with Crippen LogP contribution in [0.4, 0.5) is 0 Å². The smallest absolute Gasteiger partial charge is 0.163 e. The fraction of sp³-hybridized carbons (Fsp3) is 0.533. The lowest BCUT2D eigenvalue weighted by Gasteiger charge is -2.17. The fourth-order valence-corrected chi connectivity index (χ4v) is 1.92. The third-order valence-corrected chi connectivity index (χ3v) is 2.76. The molecular weight excluding hydrogens is 228 g/mol. The van der Waals surface area contributed by atoms with Crippen LogP contribution in [0.3, 0.4) is 0 Å². The summed E-state index contributed by atoms with van der Waals surface area (Å²) in [5, 5.41) is 0. The highest BCUT2D eigenvalue weighted by molar-refractivity contribution is 5.97. The molecule has 2 rings (SSSR count). The molecule has 0 aliphatic carbocycles. The lowest BCUT2D eigenvalue weighted by molar-refractivity contribution is 0.0939. The van der Waals surface area contributed by atoms with Crippen molar-refractivity contribution < 1.29 is 14.3 Å². The number of carbonyl (C=O) groups excluding carboxylic acids is 1. The van der Waals surface area contributed by atoms with Gasteiger partial charge in [0.15, 0.2) is 17.3 Å². The number of rotatable bonds is 2. The molecule has 0 saturated heterocycles. The summed E-state index contributed by atoms with van der Waals surface area (Å²) in [4.78, 5) is 12.1. The van der Waals surface area contributed by atoms with Crippen LogP contribution in [0.15, 0.2) is 18.2 Å². The average molecular weight is 248 g/mol. The third kappa shape index (κ3) is 3.25. The van der Waals surface area contributed by atoms with Crippen LogP contribution in [0.2, 0.25) is 0 Å². The van der Waals surface area contributed by atoms with Crippen LogP contribution in [-0.4, -0.2) is 19.0 Å². The molecule has 1 aliphatic heterocycles. The van der Waals surface area contributed by atoms with E-state index in [-0.39, 0.29) is 11.2 Å². The van der Waals surface area contributed by atoms with E-state index < -0.39 is 0 Å². The molecule has 1 heterocycles. The Morgan fingerprint density at radius 2 is 1.83 bits per heavy atom. The highest BCUT2D eigenvalue weighted by Crippen LogP contribution is 2.31. The number of ketones is 1. The van der Waals surface area contributed by atoms with Crippen LogP contribution in [0.25, 0.3) is 0 Å². The number of ether oxygens (including phenoxy) is 2. The highest BCUT2D eigenvalue weighted by Gasteiger charge is 2.19. The monoisotopic (exact) mass is 248 g/mol. The molecule has 0 amide bonds. The van der Waals surface area contributed by atoms with Crippen molar-refractivity contribution in [1.82, 2.24) is 0 Å². The topological polar surface area (TPSA) is 35.5 Å². The number of carbonyl (C=O) groups is 1. The molecule has 3 heteroatoms. The van der Waals surface area contributed by atoms with Crippen molar-refractivity contribution in [1.29, 1.82) is 0 Å². The molecule has 0 N–H and O–H groups in total. The van der Waals surface area contributed by atoms with Crippen LogP contribution >= 0.6 is 0 Å². The Bertz CT molecular complexity index is 444. The number of fused-ring (bicyclic) bond motifs is 1. The van der Waals surface area contributed by atoms with Crippen LogP contribution in [0, 0.1) is 5.41 Å². The summed E-state index contributed by atoms with van der Waals surface area (Å²) >= 11 is 0. The molecule has 0 spiro atoms. The molecule has 0 atom stereocenters. The van der Waals surface area contributed by atoms with Crippen molar-refractivity contribution in [3.63, 3.8) is 0 Å². The number of hydrogen-bond acceptors (Lipinski definition) is 3. The molecule has 0 bridgehead atoms. The minimum absolute atomic E-state index is 0.00122. The molecule has 0 aromatic heterocycles. The molecule has 98 valence electrons. The standard InChI is InChI=1S/C15H20O3/c1-15(2,3)10-12(16)11-5-6-13-14(9-11)18-8-4-7-17-13/h5-6,9H,4,7-8,10H2,1-3H3. The maximum atomic E-state index is 12.1. The lowest BCUT2D eigenvalue weighted by atomic mass is 9.88. The Labute approximate surface area is 108 Å². The molecule has 1 aliphatic rings. The first-order valence-corrected chi connectivity index (χ1v) is 6.38. The Morgan fingerprint density at radius 1 is 1.17 bits per heavy atom. The van der Waals surface area contributed by atoms with E-state index in [0.29, 0.717) is 30.9 Å². The van der Waals surface area contributed by atoms with E-state index >= 15 is 0 Å². The van der Waals surface area contributed by atoms with E-state index in [1.165, 1.54) is 0 Å². The van der Waals surface area contributed by atoms with Crippen molar-refractivity contribution >= 4 is 5.78 Å². The van der Waals surface area contributed by atoms with E-state index in [0.717, 1.165) is 12.2 Å². The summed E-state index contributed by atoms with van der Waals surface area (Å²) in [6.07, 6.45) is 1.41. The van der Waals surface area contributed by atoms with Gasteiger partial charge < -0.3 is 9.47 Å². The van der Waals surface area contributed by atoms with Gasteiger partial charge in [0, 0.05) is 18.4 Å². The van der Waals surface area contributed by atoms with Gasteiger partial charge in [0.25, 0.3) is 0 Å². The van der Waals surface area contributed by atoms with Crippen molar-refractivity contribution in [3.8, 4) is 11.5 Å². The van der Waals surface area contributed by atoms with Gasteiger partial charge in [0.1, 0.15) is 0 Å². The predicted octanol–water partition coefficient (Wildman–Crippen LogP) is 3.47. The normalized spacial score (nSPS) is 15.1. The molecule has 0 unspecified atom stereocenters. The van der Waals surface area contributed by atoms with E-state index in [4.69, 9.17) is 9.47 Å². The van der Waals surface area contributed by atoms with E-state index in [1.54, 1.807) is 6.07 Å². The van der Waals surface area contributed by atoms with Gasteiger partial charge in [0.05, 0.1) is 13.2 Å². The minimum Gasteiger partial charge on any atom is -0.490 e. The first-order valence-electron chi connectivity index (χ1n) is 6.38. The summed E-state index contributed by atoms with van der Waals surface area (Å²) in [6, 6.07) is 5.45. The maximum Gasteiger partial charge on any atom is 0.163 e. The zero-order valence-electron chi connectivity index (χ0n) is 11.3. The summed E-state index contributed by atoms with van der Waals surface area (Å²) in [5.74, 6) is 1.57. The zero-order valence-corrected chi connectivity index (χ0v) is 11.3. The van der Waals surface area contributed by atoms with Crippen molar-refractivity contribution in [2.45, 2.75) is 33.6 Å². The van der Waals surface area contributed by atoms with E-state index in [9.17, 15) is 4.79 Å². The van der Waals surface area contributed by atoms with Gasteiger partial charge in [0.2, 0.25) is 0 Å². The summed E-state index contributed by atoms with van der Waals surface area (Å²) in [5.41, 5.74) is 0.704. The van der Waals surface area contributed by atoms with Gasteiger partial charge in [-0.2, -0.15) is 0 Å². The van der Waals surface area contributed by atoms with Crippen LogP contribution in [0.1, 0.15) is 44.0 Å². The molecule has 3 nitrogen and oxygen atoms in total. The zero-order chi connectivity index (χ0) is 13.2. The highest BCUT2D eigenvalue weighted by atomic mass is 16.5. The van der Waals surface area contributed by atoms with Crippen LogP contribution < -0.4 is 9.47 Å². The second-order valence-electron chi connectivity index (χ2n) is 5.87. The molecule has 1 aromatic carbocycles. The molecule has 0 fully saturated rings. The first kappa shape index (κ1) is 12.9. The molecule has 0 radical (unpaired) electrons. The maximum absolute atomic E-state index is 12.1. The Hall–Kier alpha value is -1.51. The molecule has 0 saturated carbocycles. The number of hydrogen-bond donors (Lipinski definition) is 0. The van der Waals surface area contributed by atoms with E-state index in [1.807, 2.05) is 12.1 Å². The number of benzene rings is 1. The van der Waals surface area contributed by atoms with Crippen molar-refractivity contribution in [2.24, 2.45) is 5.41 Å². The van der Waals surface area contributed by atoms with Crippen molar-refractivity contribution in [3.05, 3.63) is 23.8 Å². The van der Waals surface area contributed by atoms with Gasteiger partial charge >= 0.3 is 0 Å². The quantitative estimate of drug-likeness (QED) is 0.752. The van der Waals surface area contributed by atoms with Crippen LogP contribution in [-0.2, 0) is 0 Å². The van der Waals surface area contributed by atoms with Gasteiger partial charge in [-0.05, 0) is 23.6 Å². The van der Waals surface area contributed by atoms with Gasteiger partial charge in [-0.25, -0.2) is 0 Å². The lowest BCUT2D eigenvalue weighted by Crippen LogP contribution is -2.13. The Balaban J connectivity index is 2.20. The van der Waals surface area contributed by atoms with Gasteiger partial charge in [-0.15, -0.1) is 0 Å². The van der Waals surface area contributed by atoms with Crippen molar-refractivity contribution in [2.75, 3.05) is 13.2 Å². The average Bonchev–Trinajstić information content (AvgIpc) is 2.50. The fourth-order valence-electron chi connectivity index (χ4n) is 1.92. The molecule has 1 aromatic rings. The Kier molecular flexibility index (Phi) is 3.60. The molecule has 18 heavy (non-hydrogen) atoms. The largest absolute Gasteiger partial charge is 0.490 e. The number of Topliss-reactive ketones (excluding diaryl/α,β-unsaturated/α-hetero) is 1. The van der Waals surface area contributed by atoms with Gasteiger partial charge in [-0.3, -0.25) is 4.79 Å². The summed E-state index contributed by atoms with van der Waals surface area (Å²) < 4.78 is 11.1. The second kappa shape index (κ2) is 5.01. The minimum atomic E-state index is 0.00122. The van der Waals surface area contributed by atoms with E-state index in [2.05, 4.69) is 20.8 Å². The van der Waals surface area contributed by atoms with Gasteiger partial charge in [-0.1, -0.05) is 20.8 Å². The third-order valence-electron chi connectivity index (χ3n) is 2.76. The summed E-state index contributed by atoms with van der Waals surface area (Å²) in [6.45, 7) is 7.50. The SMILES string of the molecule is CC(C)(C)CC(=O)c1ccc2c(c1)OCCCO2. The predicted molar refractivity (Wildman–Crippen MR) is 70.5 cm³/mol. The van der Waals surface area contributed by atoms with Crippen LogP contribution in [0.5, 0.6) is 11.5 Å². The second-order valence-corrected chi connectivity index (χ2v) is 5.87. The molecular formula is C15H20O3.